The van der Waals surface area contributed by atoms with E-state index in [9.17, 15) is 14.4 Å². The molecule has 30 heavy (non-hydrogen) atoms. The smallest absolute Gasteiger partial charge is 0.233 e. The fourth-order valence-corrected chi connectivity index (χ4v) is 4.56. The Morgan fingerprint density at radius 2 is 1.63 bits per heavy atom. The number of carbonyl (C=O) groups excluding carboxylic acids is 3. The highest BCUT2D eigenvalue weighted by Crippen LogP contribution is 2.52. The summed E-state index contributed by atoms with van der Waals surface area (Å²) >= 11 is 0. The zero-order chi connectivity index (χ0) is 21.2. The minimum absolute atomic E-state index is 0. The zero-order valence-corrected chi connectivity index (χ0v) is 20.6. The number of fused-ring (bicyclic) bond motifs is 5. The molecule has 0 radical (unpaired) electrons. The average Bonchev–Trinajstić information content (AvgIpc) is 3.35. The number of amides is 3. The van der Waals surface area contributed by atoms with Crippen LogP contribution in [0.4, 0.5) is 0 Å². The molecule has 0 aromatic carbocycles. The molecular formula is C21H34IN5O3. The molecule has 4 unspecified atom stereocenters. The number of halogens is 1. The van der Waals surface area contributed by atoms with E-state index in [1.54, 1.807) is 0 Å². The molecule has 1 saturated carbocycles. The number of carbonyl (C=O) groups is 3. The molecule has 1 saturated heterocycles. The number of hydrogen-bond acceptors (Lipinski definition) is 4. The molecule has 1 aliphatic heterocycles. The zero-order valence-electron chi connectivity index (χ0n) is 18.2. The van der Waals surface area contributed by atoms with Crippen molar-refractivity contribution >= 4 is 47.7 Å². The number of nitrogens with one attached hydrogen (secondary N) is 3. The maximum atomic E-state index is 12.7. The number of imide groups is 1. The van der Waals surface area contributed by atoms with Gasteiger partial charge in [-0.1, -0.05) is 12.2 Å². The maximum Gasteiger partial charge on any atom is 0.233 e. The van der Waals surface area contributed by atoms with Crippen LogP contribution in [-0.2, 0) is 14.4 Å². The van der Waals surface area contributed by atoms with Gasteiger partial charge in [-0.25, -0.2) is 0 Å². The second-order valence-corrected chi connectivity index (χ2v) is 8.69. The fourth-order valence-electron chi connectivity index (χ4n) is 4.56. The largest absolute Gasteiger partial charge is 0.357 e. The van der Waals surface area contributed by atoms with Gasteiger partial charge in [-0.3, -0.25) is 24.3 Å². The highest BCUT2D eigenvalue weighted by molar-refractivity contribution is 14.0. The van der Waals surface area contributed by atoms with Gasteiger partial charge in [0.1, 0.15) is 0 Å². The van der Waals surface area contributed by atoms with Crippen molar-refractivity contribution in [3.05, 3.63) is 12.2 Å². The third kappa shape index (κ3) is 4.81. The SMILES string of the molecule is CCNC(=O)C(C)(C)CN=C(NCC)NCCN1C(=O)C2C3C=CC(C3)C2C1=O.I. The Morgan fingerprint density at radius 1 is 1.07 bits per heavy atom. The van der Waals surface area contributed by atoms with Crippen LogP contribution in [0.15, 0.2) is 17.1 Å². The first-order chi connectivity index (χ1) is 13.8. The Labute approximate surface area is 195 Å². The summed E-state index contributed by atoms with van der Waals surface area (Å²) in [5.74, 6) is 0.628. The predicted octanol–water partition coefficient (Wildman–Crippen LogP) is 1.13. The topological polar surface area (TPSA) is 103 Å². The summed E-state index contributed by atoms with van der Waals surface area (Å²) in [6.45, 7) is 9.90. The Hall–Kier alpha value is -1.65. The molecule has 2 fully saturated rings. The van der Waals surface area contributed by atoms with Crippen molar-refractivity contribution in [1.29, 1.82) is 0 Å². The number of rotatable bonds is 8. The maximum absolute atomic E-state index is 12.7. The predicted molar refractivity (Wildman–Crippen MR) is 126 cm³/mol. The number of nitrogens with zero attached hydrogens (tertiary/aromatic N) is 2. The van der Waals surface area contributed by atoms with Crippen LogP contribution in [0.5, 0.6) is 0 Å². The van der Waals surface area contributed by atoms with Crippen LogP contribution in [0.3, 0.4) is 0 Å². The Balaban J connectivity index is 0.00000320. The second-order valence-electron chi connectivity index (χ2n) is 8.69. The van der Waals surface area contributed by atoms with Crippen LogP contribution in [0.2, 0.25) is 0 Å². The van der Waals surface area contributed by atoms with E-state index in [0.29, 0.717) is 38.7 Å². The average molecular weight is 531 g/mol. The summed E-state index contributed by atoms with van der Waals surface area (Å²) in [5, 5.41) is 9.16. The van der Waals surface area contributed by atoms with E-state index in [4.69, 9.17) is 0 Å². The Kier molecular flexibility index (Phi) is 8.29. The first-order valence-corrected chi connectivity index (χ1v) is 10.6. The molecule has 3 aliphatic rings. The summed E-state index contributed by atoms with van der Waals surface area (Å²) in [7, 11) is 0. The van der Waals surface area contributed by atoms with Gasteiger partial charge in [0.25, 0.3) is 0 Å². The first-order valence-electron chi connectivity index (χ1n) is 10.6. The van der Waals surface area contributed by atoms with E-state index >= 15 is 0 Å². The third-order valence-corrected chi connectivity index (χ3v) is 6.12. The Morgan fingerprint density at radius 3 is 2.17 bits per heavy atom. The molecular weight excluding hydrogens is 497 g/mol. The van der Waals surface area contributed by atoms with Crippen LogP contribution < -0.4 is 16.0 Å². The molecule has 8 nitrogen and oxygen atoms in total. The summed E-state index contributed by atoms with van der Waals surface area (Å²) in [6.07, 6.45) is 5.15. The van der Waals surface area contributed by atoms with Crippen LogP contribution in [0, 0.1) is 29.1 Å². The monoisotopic (exact) mass is 531 g/mol. The van der Waals surface area contributed by atoms with Gasteiger partial charge in [0, 0.05) is 26.2 Å². The molecule has 1 heterocycles. The van der Waals surface area contributed by atoms with Crippen LogP contribution in [0.1, 0.15) is 34.1 Å². The lowest BCUT2D eigenvalue weighted by molar-refractivity contribution is -0.140. The van der Waals surface area contributed by atoms with E-state index in [0.717, 1.165) is 6.42 Å². The molecule has 4 atom stereocenters. The molecule has 2 aliphatic carbocycles. The van der Waals surface area contributed by atoms with Crippen molar-refractivity contribution < 1.29 is 14.4 Å². The lowest BCUT2D eigenvalue weighted by Crippen LogP contribution is -2.45. The van der Waals surface area contributed by atoms with Crippen LogP contribution in [0.25, 0.3) is 0 Å². The van der Waals surface area contributed by atoms with Gasteiger partial charge in [-0.05, 0) is 46.0 Å². The highest BCUT2D eigenvalue weighted by Gasteiger charge is 2.58. The minimum Gasteiger partial charge on any atom is -0.357 e. The van der Waals surface area contributed by atoms with Gasteiger partial charge in [0.15, 0.2) is 5.96 Å². The summed E-state index contributed by atoms with van der Waals surface area (Å²) in [6, 6.07) is 0. The molecule has 3 amide bonds. The second kappa shape index (κ2) is 10.1. The van der Waals surface area contributed by atoms with Gasteiger partial charge in [-0.15, -0.1) is 24.0 Å². The van der Waals surface area contributed by atoms with Crippen molar-refractivity contribution in [3.8, 4) is 0 Å². The number of hydrogen-bond donors (Lipinski definition) is 3. The van der Waals surface area contributed by atoms with Gasteiger partial charge in [0.2, 0.25) is 17.7 Å². The quantitative estimate of drug-likeness (QED) is 0.143. The number of likely N-dealkylation sites (tertiary alicyclic amines) is 1. The van der Waals surface area contributed by atoms with Crippen molar-refractivity contribution in [2.24, 2.45) is 34.1 Å². The van der Waals surface area contributed by atoms with Crippen molar-refractivity contribution in [2.45, 2.75) is 34.1 Å². The van der Waals surface area contributed by atoms with E-state index in [1.165, 1.54) is 4.90 Å². The fraction of sp³-hybridized carbons (Fsp3) is 0.714. The first kappa shape index (κ1) is 24.6. The van der Waals surface area contributed by atoms with E-state index in [-0.39, 0.29) is 65.4 Å². The molecule has 3 N–H and O–H groups in total. The standard InChI is InChI=1S/C21H33N5O3.HI/c1-5-22-19(29)21(3,4)12-25-20(23-6-2)24-9-10-26-17(27)15-13-7-8-14(11-13)16(15)18(26)28;/h7-8,13-16H,5-6,9-12H2,1-4H3,(H,22,29)(H2,23,24,25);1H. The third-order valence-electron chi connectivity index (χ3n) is 6.12. The summed E-state index contributed by atoms with van der Waals surface area (Å²) < 4.78 is 0. The van der Waals surface area contributed by atoms with Crippen molar-refractivity contribution in [2.75, 3.05) is 32.7 Å². The summed E-state index contributed by atoms with van der Waals surface area (Å²) in [4.78, 5) is 43.5. The molecule has 9 heteroatoms. The van der Waals surface area contributed by atoms with Crippen molar-refractivity contribution in [1.82, 2.24) is 20.9 Å². The van der Waals surface area contributed by atoms with Crippen LogP contribution in [-0.4, -0.2) is 61.3 Å². The van der Waals surface area contributed by atoms with Gasteiger partial charge < -0.3 is 16.0 Å². The minimum atomic E-state index is -0.622. The molecule has 2 bridgehead atoms. The lowest BCUT2D eigenvalue weighted by atomic mass is 9.85. The normalized spacial score (nSPS) is 27.2. The van der Waals surface area contributed by atoms with Gasteiger partial charge in [-0.2, -0.15) is 0 Å². The molecule has 168 valence electrons. The number of guanidine groups is 1. The van der Waals surface area contributed by atoms with Crippen molar-refractivity contribution in [3.63, 3.8) is 0 Å². The lowest BCUT2D eigenvalue weighted by Gasteiger charge is -2.22. The Bertz CT molecular complexity index is 706. The van der Waals surface area contributed by atoms with E-state index in [2.05, 4.69) is 33.1 Å². The van der Waals surface area contributed by atoms with Gasteiger partial charge >= 0.3 is 0 Å². The number of aliphatic imine (C=N–C) groups is 1. The van der Waals surface area contributed by atoms with E-state index in [1.807, 2.05) is 27.7 Å². The highest BCUT2D eigenvalue weighted by atomic mass is 127. The molecule has 0 aromatic heterocycles. The molecule has 0 aromatic rings. The van der Waals surface area contributed by atoms with Crippen LogP contribution >= 0.6 is 24.0 Å². The molecule has 3 rings (SSSR count). The molecule has 0 spiro atoms. The summed E-state index contributed by atoms with van der Waals surface area (Å²) in [5.41, 5.74) is -0.622. The van der Waals surface area contributed by atoms with Gasteiger partial charge in [0.05, 0.1) is 23.8 Å². The number of allylic oxidation sites excluding steroid dienone is 2. The van der Waals surface area contributed by atoms with E-state index < -0.39 is 5.41 Å².